The Bertz CT molecular complexity index is 790. The third-order valence-corrected chi connectivity index (χ3v) is 5.12. The number of rotatable bonds is 5. The molecular formula is C19H22N2O5S. The summed E-state index contributed by atoms with van der Waals surface area (Å²) in [6.45, 7) is 3.77. The molecule has 0 bridgehead atoms. The van der Waals surface area contributed by atoms with Gasteiger partial charge >= 0.3 is 6.09 Å². The first-order chi connectivity index (χ1) is 13.0. The van der Waals surface area contributed by atoms with E-state index in [4.69, 9.17) is 9.47 Å². The molecule has 2 N–H and O–H groups in total. The Morgan fingerprint density at radius 2 is 2.07 bits per heavy atom. The molecule has 1 aromatic heterocycles. The predicted molar refractivity (Wildman–Crippen MR) is 101 cm³/mol. The summed E-state index contributed by atoms with van der Waals surface area (Å²) in [7, 11) is 0. The van der Waals surface area contributed by atoms with Gasteiger partial charge in [0.1, 0.15) is 12.4 Å². The van der Waals surface area contributed by atoms with Crippen LogP contribution < -0.4 is 5.32 Å². The second kappa shape index (κ2) is 8.88. The molecular weight excluding hydrogens is 368 g/mol. The maximum Gasteiger partial charge on any atom is 0.410 e. The molecule has 2 amide bonds. The summed E-state index contributed by atoms with van der Waals surface area (Å²) in [5.41, 5.74) is 0.450. The number of nitrogens with zero attached hydrogens (tertiary/aromatic N) is 1. The highest BCUT2D eigenvalue weighted by atomic mass is 32.1. The molecule has 1 saturated heterocycles. The number of phenolic OH excluding ortho intramolecular Hbond substituents is 1. The molecule has 2 heterocycles. The number of phenols is 1. The smallest absolute Gasteiger partial charge is 0.410 e. The Labute approximate surface area is 161 Å². The molecule has 2 aromatic rings. The van der Waals surface area contributed by atoms with Gasteiger partial charge in [-0.1, -0.05) is 0 Å². The van der Waals surface area contributed by atoms with Crippen LogP contribution in [0.4, 0.5) is 4.79 Å². The minimum Gasteiger partial charge on any atom is -0.508 e. The number of aromatic hydroxyl groups is 1. The third-order valence-electron chi connectivity index (χ3n) is 4.15. The van der Waals surface area contributed by atoms with Gasteiger partial charge in [-0.15, -0.1) is 11.3 Å². The van der Waals surface area contributed by atoms with Crippen LogP contribution in [0.2, 0.25) is 0 Å². The highest BCUT2D eigenvalue weighted by Gasteiger charge is 2.25. The number of carbonyl (C=O) groups excluding carboxylic acids is 2. The summed E-state index contributed by atoms with van der Waals surface area (Å²) < 4.78 is 11.0. The first kappa shape index (κ1) is 19.2. The van der Waals surface area contributed by atoms with Crippen LogP contribution in [0.15, 0.2) is 36.4 Å². The minimum absolute atomic E-state index is 0.106. The predicted octanol–water partition coefficient (Wildman–Crippen LogP) is 2.53. The molecule has 144 valence electrons. The van der Waals surface area contributed by atoms with Crippen LogP contribution in [0.3, 0.4) is 0 Å². The number of amides is 2. The van der Waals surface area contributed by atoms with Crippen LogP contribution in [0.25, 0.3) is 0 Å². The van der Waals surface area contributed by atoms with Gasteiger partial charge in [-0.05, 0) is 43.3 Å². The van der Waals surface area contributed by atoms with E-state index in [0.717, 1.165) is 4.88 Å². The molecule has 0 radical (unpaired) electrons. The zero-order valence-corrected chi connectivity index (χ0v) is 15.8. The third kappa shape index (κ3) is 5.45. The fraction of sp³-hybridized carbons (Fsp3) is 0.368. The van der Waals surface area contributed by atoms with Crippen molar-refractivity contribution in [1.29, 1.82) is 0 Å². The lowest BCUT2D eigenvalue weighted by Crippen LogP contribution is -2.49. The summed E-state index contributed by atoms with van der Waals surface area (Å²) in [4.78, 5) is 28.2. The molecule has 1 unspecified atom stereocenters. The lowest BCUT2D eigenvalue weighted by Gasteiger charge is -2.32. The molecule has 0 spiro atoms. The molecule has 0 aliphatic carbocycles. The largest absolute Gasteiger partial charge is 0.508 e. The van der Waals surface area contributed by atoms with Crippen molar-refractivity contribution >= 4 is 23.3 Å². The fourth-order valence-corrected chi connectivity index (χ4v) is 3.52. The molecule has 1 atom stereocenters. The summed E-state index contributed by atoms with van der Waals surface area (Å²) in [6.07, 6.45) is -0.671. The zero-order chi connectivity index (χ0) is 19.2. The van der Waals surface area contributed by atoms with E-state index >= 15 is 0 Å². The van der Waals surface area contributed by atoms with E-state index in [2.05, 4.69) is 5.32 Å². The van der Waals surface area contributed by atoms with Crippen molar-refractivity contribution < 1.29 is 24.2 Å². The van der Waals surface area contributed by atoms with Crippen LogP contribution >= 0.6 is 11.3 Å². The molecule has 1 aliphatic heterocycles. The van der Waals surface area contributed by atoms with Gasteiger partial charge in [0.15, 0.2) is 0 Å². The number of nitrogens with one attached hydrogen (secondary N) is 1. The molecule has 1 aromatic carbocycles. The van der Waals surface area contributed by atoms with Gasteiger partial charge in [-0.2, -0.15) is 0 Å². The second-order valence-corrected chi connectivity index (χ2v) is 7.64. The van der Waals surface area contributed by atoms with Crippen molar-refractivity contribution in [2.24, 2.45) is 0 Å². The van der Waals surface area contributed by atoms with Gasteiger partial charge in [-0.3, -0.25) is 4.79 Å². The number of ether oxygens (including phenoxy) is 2. The van der Waals surface area contributed by atoms with Crippen LogP contribution in [-0.4, -0.2) is 54.4 Å². The first-order valence-corrected chi connectivity index (χ1v) is 9.49. The Hall–Kier alpha value is -2.58. The number of thiophene rings is 1. The topological polar surface area (TPSA) is 88.1 Å². The summed E-state index contributed by atoms with van der Waals surface area (Å²) in [5.74, 6) is -0.152. The average molecular weight is 390 g/mol. The summed E-state index contributed by atoms with van der Waals surface area (Å²) in [6, 6.07) is 9.95. The standard InChI is InChI=1S/C19H22N2O5S/c1-13-2-7-17(27-13)12-26-19(24)21-8-9-25-16(11-21)10-20-18(23)14-3-5-15(22)6-4-14/h2-7,16,22H,8-12H2,1H3,(H,20,23). The summed E-state index contributed by atoms with van der Waals surface area (Å²) in [5, 5.41) is 12.1. The number of hydrogen-bond donors (Lipinski definition) is 2. The molecule has 1 aliphatic rings. The van der Waals surface area contributed by atoms with Crippen molar-refractivity contribution in [3.63, 3.8) is 0 Å². The lowest BCUT2D eigenvalue weighted by atomic mass is 10.2. The van der Waals surface area contributed by atoms with E-state index < -0.39 is 0 Å². The Morgan fingerprint density at radius 1 is 1.30 bits per heavy atom. The molecule has 3 rings (SSSR count). The van der Waals surface area contributed by atoms with Gasteiger partial charge in [0.25, 0.3) is 5.91 Å². The molecule has 27 heavy (non-hydrogen) atoms. The van der Waals surface area contributed by atoms with E-state index in [1.54, 1.807) is 28.4 Å². The van der Waals surface area contributed by atoms with E-state index in [9.17, 15) is 14.7 Å². The van der Waals surface area contributed by atoms with E-state index in [-0.39, 0.29) is 37.0 Å². The number of benzene rings is 1. The second-order valence-electron chi connectivity index (χ2n) is 6.26. The maximum atomic E-state index is 12.3. The Morgan fingerprint density at radius 3 is 2.78 bits per heavy atom. The van der Waals surface area contributed by atoms with Gasteiger partial charge in [0.05, 0.1) is 19.3 Å². The molecule has 0 saturated carbocycles. The summed E-state index contributed by atoms with van der Waals surface area (Å²) >= 11 is 1.60. The van der Waals surface area contributed by atoms with Gasteiger partial charge < -0.3 is 24.8 Å². The average Bonchev–Trinajstić information content (AvgIpc) is 3.10. The van der Waals surface area contributed by atoms with Crippen molar-refractivity contribution in [2.75, 3.05) is 26.2 Å². The maximum absolute atomic E-state index is 12.3. The molecule has 8 heteroatoms. The van der Waals surface area contributed by atoms with Crippen LogP contribution in [0.5, 0.6) is 5.75 Å². The van der Waals surface area contributed by atoms with Gasteiger partial charge in [0, 0.05) is 28.4 Å². The number of carbonyl (C=O) groups is 2. The van der Waals surface area contributed by atoms with E-state index in [0.29, 0.717) is 25.3 Å². The molecule has 7 nitrogen and oxygen atoms in total. The Balaban J connectivity index is 1.45. The number of hydrogen-bond acceptors (Lipinski definition) is 6. The highest BCUT2D eigenvalue weighted by molar-refractivity contribution is 7.11. The van der Waals surface area contributed by atoms with Crippen molar-refractivity contribution in [2.45, 2.75) is 19.6 Å². The van der Waals surface area contributed by atoms with E-state index in [1.807, 2.05) is 19.1 Å². The molecule has 1 fully saturated rings. The van der Waals surface area contributed by atoms with Gasteiger partial charge in [-0.25, -0.2) is 4.79 Å². The van der Waals surface area contributed by atoms with Crippen LogP contribution in [0.1, 0.15) is 20.1 Å². The van der Waals surface area contributed by atoms with Crippen LogP contribution in [-0.2, 0) is 16.1 Å². The highest BCUT2D eigenvalue weighted by Crippen LogP contribution is 2.17. The monoisotopic (exact) mass is 390 g/mol. The first-order valence-electron chi connectivity index (χ1n) is 8.67. The van der Waals surface area contributed by atoms with E-state index in [1.165, 1.54) is 17.0 Å². The number of aryl methyl sites for hydroxylation is 1. The fourth-order valence-electron chi connectivity index (χ4n) is 2.72. The van der Waals surface area contributed by atoms with Crippen LogP contribution in [0, 0.1) is 6.92 Å². The van der Waals surface area contributed by atoms with Crippen molar-refractivity contribution in [1.82, 2.24) is 10.2 Å². The van der Waals surface area contributed by atoms with Crippen molar-refractivity contribution in [3.05, 3.63) is 51.7 Å². The van der Waals surface area contributed by atoms with Crippen molar-refractivity contribution in [3.8, 4) is 5.75 Å². The quantitative estimate of drug-likeness (QED) is 0.819. The number of morpholine rings is 1. The SMILES string of the molecule is Cc1ccc(COC(=O)N2CCOC(CNC(=O)c3ccc(O)cc3)C2)s1. The minimum atomic E-state index is -0.376. The Kier molecular flexibility index (Phi) is 6.31. The van der Waals surface area contributed by atoms with Gasteiger partial charge in [0.2, 0.25) is 0 Å². The lowest BCUT2D eigenvalue weighted by molar-refractivity contribution is -0.0262. The zero-order valence-electron chi connectivity index (χ0n) is 15.0. The normalized spacial score (nSPS) is 16.8.